The van der Waals surface area contributed by atoms with Crippen LogP contribution in [0.1, 0.15) is 13.3 Å². The van der Waals surface area contributed by atoms with Crippen LogP contribution < -0.4 is 5.73 Å². The van der Waals surface area contributed by atoms with E-state index in [1.807, 2.05) is 11.8 Å². The number of rotatable bonds is 3. The number of aromatic nitrogens is 2. The molecule has 1 aromatic rings. The van der Waals surface area contributed by atoms with Crippen LogP contribution in [-0.4, -0.2) is 47.0 Å². The number of nitrogens with two attached hydrogens (primary N) is 1. The topological polar surface area (TPSA) is 89.2 Å². The third-order valence-corrected chi connectivity index (χ3v) is 6.87. The van der Waals surface area contributed by atoms with Gasteiger partial charge in [0.15, 0.2) is 0 Å². The lowest BCUT2D eigenvalue weighted by atomic mass is 10.3. The Morgan fingerprint density at radius 3 is 2.88 bits per heavy atom. The van der Waals surface area contributed by atoms with E-state index in [1.165, 1.54) is 4.31 Å². The van der Waals surface area contributed by atoms with Crippen LogP contribution in [0, 0.1) is 0 Å². The van der Waals surface area contributed by atoms with E-state index in [2.05, 4.69) is 17.1 Å². The molecular formula is C8H14N4O2S3. The predicted molar refractivity (Wildman–Crippen MR) is 69.6 cm³/mol. The Morgan fingerprint density at radius 2 is 2.29 bits per heavy atom. The molecule has 0 saturated carbocycles. The second kappa shape index (κ2) is 5.09. The van der Waals surface area contributed by atoms with Gasteiger partial charge in [0.2, 0.25) is 9.47 Å². The first-order valence-corrected chi connectivity index (χ1v) is 8.55. The Kier molecular flexibility index (Phi) is 3.91. The Hall–Kier alpha value is -0.380. The highest BCUT2D eigenvalue weighted by Crippen LogP contribution is 2.27. The van der Waals surface area contributed by atoms with Gasteiger partial charge >= 0.3 is 0 Å². The molecule has 17 heavy (non-hydrogen) atoms. The number of hydrogen-bond donors (Lipinski definition) is 1. The quantitative estimate of drug-likeness (QED) is 0.880. The molecule has 2 heterocycles. The third-order valence-electron chi connectivity index (χ3n) is 2.54. The SMILES string of the molecule is CCC1CN(S(=O)(=O)c2nnc(N)s2)CCS1. The van der Waals surface area contributed by atoms with Crippen molar-refractivity contribution >= 4 is 38.3 Å². The maximum Gasteiger partial charge on any atom is 0.272 e. The molecule has 0 spiro atoms. The summed E-state index contributed by atoms with van der Waals surface area (Å²) in [6, 6.07) is 0. The van der Waals surface area contributed by atoms with Gasteiger partial charge in [0, 0.05) is 24.1 Å². The molecule has 9 heteroatoms. The first-order valence-electron chi connectivity index (χ1n) is 5.24. The number of thioether (sulfide) groups is 1. The van der Waals surface area contributed by atoms with E-state index in [1.54, 1.807) is 0 Å². The minimum Gasteiger partial charge on any atom is -0.374 e. The fourth-order valence-corrected chi connectivity index (χ4v) is 5.39. The Balaban J connectivity index is 2.21. The maximum atomic E-state index is 12.2. The van der Waals surface area contributed by atoms with Gasteiger partial charge in [-0.25, -0.2) is 8.42 Å². The minimum absolute atomic E-state index is 0.00301. The lowest BCUT2D eigenvalue weighted by molar-refractivity contribution is 0.415. The molecule has 0 aliphatic carbocycles. The fraction of sp³-hybridized carbons (Fsp3) is 0.750. The van der Waals surface area contributed by atoms with E-state index >= 15 is 0 Å². The molecule has 6 nitrogen and oxygen atoms in total. The highest BCUT2D eigenvalue weighted by molar-refractivity contribution is 8.00. The molecule has 0 radical (unpaired) electrons. The van der Waals surface area contributed by atoms with Crippen LogP contribution in [0.25, 0.3) is 0 Å². The summed E-state index contributed by atoms with van der Waals surface area (Å²) in [6.07, 6.45) is 0.967. The summed E-state index contributed by atoms with van der Waals surface area (Å²) in [6.45, 7) is 3.14. The minimum atomic E-state index is -3.50. The van der Waals surface area contributed by atoms with E-state index in [9.17, 15) is 8.42 Å². The zero-order valence-electron chi connectivity index (χ0n) is 9.37. The van der Waals surface area contributed by atoms with Gasteiger partial charge in [-0.1, -0.05) is 18.3 Å². The molecule has 0 aromatic carbocycles. The predicted octanol–water partition coefficient (Wildman–Crippen LogP) is 0.636. The van der Waals surface area contributed by atoms with Crippen molar-refractivity contribution < 1.29 is 8.42 Å². The standard InChI is InChI=1S/C8H14N4O2S3/c1-2-6-5-12(3-4-15-6)17(13,14)8-11-10-7(9)16-8/h6H,2-5H2,1H3,(H2,9,10). The lowest BCUT2D eigenvalue weighted by Gasteiger charge is -2.29. The van der Waals surface area contributed by atoms with Gasteiger partial charge in [0.05, 0.1) is 0 Å². The van der Waals surface area contributed by atoms with Crippen molar-refractivity contribution in [1.82, 2.24) is 14.5 Å². The van der Waals surface area contributed by atoms with E-state index in [-0.39, 0.29) is 9.47 Å². The van der Waals surface area contributed by atoms with Gasteiger partial charge in [-0.3, -0.25) is 0 Å². The van der Waals surface area contributed by atoms with Crippen molar-refractivity contribution in [2.24, 2.45) is 0 Å². The highest BCUT2D eigenvalue weighted by atomic mass is 32.2. The molecule has 0 amide bonds. The second-order valence-corrected chi connectivity index (χ2v) is 8.20. The van der Waals surface area contributed by atoms with Crippen molar-refractivity contribution in [3.63, 3.8) is 0 Å². The summed E-state index contributed by atoms with van der Waals surface area (Å²) < 4.78 is 25.9. The van der Waals surface area contributed by atoms with Gasteiger partial charge in [0.25, 0.3) is 10.0 Å². The normalized spacial score (nSPS) is 22.8. The molecule has 1 unspecified atom stereocenters. The Morgan fingerprint density at radius 1 is 1.53 bits per heavy atom. The maximum absolute atomic E-state index is 12.2. The summed E-state index contributed by atoms with van der Waals surface area (Å²) in [7, 11) is -3.50. The second-order valence-electron chi connectivity index (χ2n) is 3.67. The van der Waals surface area contributed by atoms with Gasteiger partial charge < -0.3 is 5.73 Å². The van der Waals surface area contributed by atoms with E-state index in [4.69, 9.17) is 5.73 Å². The largest absolute Gasteiger partial charge is 0.374 e. The molecule has 2 N–H and O–H groups in total. The number of anilines is 1. The summed E-state index contributed by atoms with van der Waals surface area (Å²) >= 11 is 2.74. The van der Waals surface area contributed by atoms with E-state index in [0.29, 0.717) is 18.3 Å². The van der Waals surface area contributed by atoms with E-state index < -0.39 is 10.0 Å². The summed E-state index contributed by atoms with van der Waals surface area (Å²) in [4.78, 5) is 0. The smallest absolute Gasteiger partial charge is 0.272 e. The van der Waals surface area contributed by atoms with Crippen LogP contribution >= 0.6 is 23.1 Å². The average Bonchev–Trinajstić information content (AvgIpc) is 2.76. The van der Waals surface area contributed by atoms with Crippen LogP contribution in [0.2, 0.25) is 0 Å². The van der Waals surface area contributed by atoms with Crippen molar-refractivity contribution in [3.05, 3.63) is 0 Å². The Labute approximate surface area is 109 Å². The van der Waals surface area contributed by atoms with E-state index in [0.717, 1.165) is 23.5 Å². The molecule has 0 bridgehead atoms. The number of nitrogen functional groups attached to an aromatic ring is 1. The molecule has 2 rings (SSSR count). The molecule has 1 aromatic heterocycles. The van der Waals surface area contributed by atoms with Crippen molar-refractivity contribution in [3.8, 4) is 0 Å². The van der Waals surface area contributed by atoms with Gasteiger partial charge in [-0.2, -0.15) is 16.1 Å². The van der Waals surface area contributed by atoms with Gasteiger partial charge in [0.1, 0.15) is 0 Å². The number of hydrogen-bond acceptors (Lipinski definition) is 7. The molecule has 96 valence electrons. The van der Waals surface area contributed by atoms with Crippen LogP contribution in [0.15, 0.2) is 4.34 Å². The molecule has 1 saturated heterocycles. The molecule has 1 atom stereocenters. The molecule has 1 fully saturated rings. The fourth-order valence-electron chi connectivity index (χ4n) is 1.59. The first-order chi connectivity index (χ1) is 8.04. The number of nitrogens with zero attached hydrogens (tertiary/aromatic N) is 3. The molecule has 1 aliphatic heterocycles. The van der Waals surface area contributed by atoms with Gasteiger partial charge in [-0.05, 0) is 6.42 Å². The van der Waals surface area contributed by atoms with Crippen molar-refractivity contribution in [2.45, 2.75) is 22.9 Å². The molecular weight excluding hydrogens is 280 g/mol. The molecule has 1 aliphatic rings. The van der Waals surface area contributed by atoms with Gasteiger partial charge in [-0.15, -0.1) is 10.2 Å². The third kappa shape index (κ3) is 2.72. The number of sulfonamides is 1. The van der Waals surface area contributed by atoms with Crippen LogP contribution in [0.3, 0.4) is 0 Å². The summed E-state index contributed by atoms with van der Waals surface area (Å²) in [5.74, 6) is 0.825. The van der Waals surface area contributed by atoms with Crippen LogP contribution in [0.5, 0.6) is 0 Å². The summed E-state index contributed by atoms with van der Waals surface area (Å²) in [5.41, 5.74) is 5.42. The lowest BCUT2D eigenvalue weighted by Crippen LogP contribution is -2.41. The zero-order valence-corrected chi connectivity index (χ0v) is 11.8. The average molecular weight is 294 g/mol. The van der Waals surface area contributed by atoms with Crippen LogP contribution in [0.4, 0.5) is 5.13 Å². The van der Waals surface area contributed by atoms with Crippen molar-refractivity contribution in [1.29, 1.82) is 0 Å². The highest BCUT2D eigenvalue weighted by Gasteiger charge is 2.32. The monoisotopic (exact) mass is 294 g/mol. The van der Waals surface area contributed by atoms with Crippen molar-refractivity contribution in [2.75, 3.05) is 24.6 Å². The summed E-state index contributed by atoms with van der Waals surface area (Å²) in [5, 5.41) is 7.72. The zero-order chi connectivity index (χ0) is 12.5. The van der Waals surface area contributed by atoms with Crippen LogP contribution in [-0.2, 0) is 10.0 Å². The first kappa shape index (κ1) is 13.1. The Bertz CT molecular complexity index is 487.